The minimum Gasteiger partial charge on any atom is -0.545 e. The first-order valence-corrected chi connectivity index (χ1v) is 27.0. The molecule has 0 rings (SSSR count). The lowest BCUT2D eigenvalue weighted by molar-refractivity contribution is -0.870. The second-order valence-electron chi connectivity index (χ2n) is 18.8. The summed E-state index contributed by atoms with van der Waals surface area (Å²) in [4.78, 5) is 37.2. The molecule has 9 nitrogen and oxygen atoms in total. The molecule has 0 aliphatic rings. The van der Waals surface area contributed by atoms with E-state index in [4.69, 9.17) is 18.9 Å². The fourth-order valence-corrected chi connectivity index (χ4v) is 6.91. The number of carbonyl (C=O) groups is 3. The van der Waals surface area contributed by atoms with Gasteiger partial charge in [-0.05, 0) is 96.3 Å². The summed E-state index contributed by atoms with van der Waals surface area (Å²) in [6, 6.07) is 0. The number of hydrogen-bond donors (Lipinski definition) is 0. The summed E-state index contributed by atoms with van der Waals surface area (Å²) in [6.45, 7) is 4.48. The van der Waals surface area contributed by atoms with Crippen LogP contribution in [0.3, 0.4) is 0 Å². The summed E-state index contributed by atoms with van der Waals surface area (Å²) < 4.78 is 22.6. The van der Waals surface area contributed by atoms with Crippen molar-refractivity contribution in [3.8, 4) is 0 Å². The van der Waals surface area contributed by atoms with E-state index >= 15 is 0 Å². The minimum atomic E-state index is -1.63. The molecule has 0 amide bonds. The van der Waals surface area contributed by atoms with Crippen molar-refractivity contribution in [2.45, 2.75) is 206 Å². The van der Waals surface area contributed by atoms with Crippen LogP contribution in [0.15, 0.2) is 109 Å². The second kappa shape index (κ2) is 50.3. The predicted octanol–water partition coefficient (Wildman–Crippen LogP) is 14.2. The first-order valence-electron chi connectivity index (χ1n) is 27.0. The molecule has 0 bridgehead atoms. The van der Waals surface area contributed by atoms with Crippen LogP contribution < -0.4 is 5.11 Å². The molecule has 0 saturated carbocycles. The highest BCUT2D eigenvalue weighted by molar-refractivity contribution is 5.70. The van der Waals surface area contributed by atoms with Gasteiger partial charge < -0.3 is 33.3 Å². The van der Waals surface area contributed by atoms with Crippen LogP contribution >= 0.6 is 0 Å². The third kappa shape index (κ3) is 51.6. The van der Waals surface area contributed by atoms with Gasteiger partial charge in [-0.15, -0.1) is 0 Å². The van der Waals surface area contributed by atoms with Crippen LogP contribution in [0.4, 0.5) is 0 Å². The van der Waals surface area contributed by atoms with Crippen LogP contribution in [0.5, 0.6) is 0 Å². The molecule has 0 aromatic rings. The van der Waals surface area contributed by atoms with Crippen LogP contribution in [-0.2, 0) is 33.3 Å². The number of esters is 2. The standard InChI is InChI=1S/C60H99NO8/c1-6-8-10-12-14-16-18-20-22-24-26-28-29-31-33-35-37-39-41-43-45-47-49-51-58(63)69-56(55-68-60(59(64)65)66-53-52-61(3,4)5)54-67-57(62)50-48-46-44-42-40-38-36-34-32-30-27-25-23-21-19-17-15-13-11-9-7-2/h8-11,14-17,20-23,26-28,30-31,33,56,60H,6-7,12-13,18-19,24-25,29,32,34-55H2,1-5H3/b10-8-,11-9-,16-14-,17-15-,22-20-,23-21-,28-26-,30-27-,33-31-. The molecule has 0 saturated heterocycles. The third-order valence-electron chi connectivity index (χ3n) is 11.0. The van der Waals surface area contributed by atoms with Crippen LogP contribution in [0, 0.1) is 0 Å². The summed E-state index contributed by atoms with van der Waals surface area (Å²) >= 11 is 0. The normalized spacial score (nSPS) is 13.7. The van der Waals surface area contributed by atoms with Crippen molar-refractivity contribution in [1.29, 1.82) is 0 Å². The molecule has 69 heavy (non-hydrogen) atoms. The van der Waals surface area contributed by atoms with Crippen molar-refractivity contribution >= 4 is 17.9 Å². The van der Waals surface area contributed by atoms with Crippen LogP contribution in [0.25, 0.3) is 0 Å². The molecule has 0 aliphatic carbocycles. The van der Waals surface area contributed by atoms with E-state index in [1.165, 1.54) is 44.9 Å². The summed E-state index contributed by atoms with van der Waals surface area (Å²) in [7, 11) is 5.90. The first kappa shape index (κ1) is 65.0. The van der Waals surface area contributed by atoms with Crippen molar-refractivity contribution in [3.63, 3.8) is 0 Å². The number of carbonyl (C=O) groups excluding carboxylic acids is 3. The number of aliphatic carboxylic acids is 1. The predicted molar refractivity (Wildman–Crippen MR) is 287 cm³/mol. The minimum absolute atomic E-state index is 0.137. The zero-order valence-corrected chi connectivity index (χ0v) is 44.4. The molecule has 0 aliphatic heterocycles. The van der Waals surface area contributed by atoms with Crippen molar-refractivity contribution in [2.75, 3.05) is 47.5 Å². The molecular weight excluding hydrogens is 863 g/mol. The van der Waals surface area contributed by atoms with Crippen molar-refractivity contribution in [2.24, 2.45) is 0 Å². The second-order valence-corrected chi connectivity index (χ2v) is 18.8. The summed E-state index contributed by atoms with van der Waals surface area (Å²) in [5.74, 6) is -2.32. The molecule has 0 aromatic heterocycles. The highest BCUT2D eigenvalue weighted by Gasteiger charge is 2.22. The van der Waals surface area contributed by atoms with E-state index in [0.717, 1.165) is 116 Å². The molecule has 0 fully saturated rings. The lowest BCUT2D eigenvalue weighted by Crippen LogP contribution is -2.44. The van der Waals surface area contributed by atoms with Gasteiger partial charge in [0.05, 0.1) is 40.3 Å². The van der Waals surface area contributed by atoms with E-state index in [2.05, 4.69) is 123 Å². The Balaban J connectivity index is 4.37. The maximum Gasteiger partial charge on any atom is 0.306 e. The van der Waals surface area contributed by atoms with Crippen LogP contribution in [0.1, 0.15) is 194 Å². The molecule has 2 atom stereocenters. The lowest BCUT2D eigenvalue weighted by Gasteiger charge is -2.26. The van der Waals surface area contributed by atoms with Crippen molar-refractivity contribution in [1.82, 2.24) is 0 Å². The van der Waals surface area contributed by atoms with Gasteiger partial charge in [0.2, 0.25) is 0 Å². The third-order valence-corrected chi connectivity index (χ3v) is 11.0. The zero-order valence-electron chi connectivity index (χ0n) is 44.4. The first-order chi connectivity index (χ1) is 33.6. The zero-order chi connectivity index (χ0) is 50.6. The number of likely N-dealkylation sites (N-methyl/N-ethyl adjacent to an activating group) is 1. The number of hydrogen-bond acceptors (Lipinski definition) is 8. The molecule has 0 aromatic carbocycles. The van der Waals surface area contributed by atoms with E-state index in [9.17, 15) is 19.5 Å². The van der Waals surface area contributed by atoms with Crippen LogP contribution in [-0.4, -0.2) is 82.3 Å². The molecular formula is C60H99NO8. The van der Waals surface area contributed by atoms with E-state index in [1.807, 2.05) is 21.1 Å². The number of carboxylic acid groups (broad SMARTS) is 1. The van der Waals surface area contributed by atoms with Crippen LogP contribution in [0.2, 0.25) is 0 Å². The van der Waals surface area contributed by atoms with Gasteiger partial charge in [-0.2, -0.15) is 0 Å². The number of rotatable bonds is 48. The number of quaternary nitrogens is 1. The quantitative estimate of drug-likeness (QED) is 0.0195. The number of ether oxygens (including phenoxy) is 4. The SMILES string of the molecule is CC/C=C\C/C=C\C/C=C\C/C=C\C/C=C\CCCCCCCCCC(=O)OC(COC(=O)CCCCCCCCCC/C=C\C/C=C\C/C=C\C/C=C\CC)COC(OCC[N+](C)(C)C)C(=O)[O-]. The Bertz CT molecular complexity index is 1490. The maximum absolute atomic E-state index is 12.8. The van der Waals surface area contributed by atoms with E-state index in [1.54, 1.807) is 0 Å². The smallest absolute Gasteiger partial charge is 0.306 e. The number of allylic oxidation sites excluding steroid dienone is 18. The molecule has 0 N–H and O–H groups in total. The highest BCUT2D eigenvalue weighted by atomic mass is 16.7. The van der Waals surface area contributed by atoms with Gasteiger partial charge in [0.15, 0.2) is 12.4 Å². The summed E-state index contributed by atoms with van der Waals surface area (Å²) in [5, 5.41) is 11.8. The number of unbranched alkanes of at least 4 members (excludes halogenated alkanes) is 15. The molecule has 0 heterocycles. The van der Waals surface area contributed by atoms with Crippen molar-refractivity contribution in [3.05, 3.63) is 109 Å². The molecule has 2 unspecified atom stereocenters. The van der Waals surface area contributed by atoms with Gasteiger partial charge in [0.1, 0.15) is 13.2 Å². The molecule has 9 heteroatoms. The molecule has 0 radical (unpaired) electrons. The van der Waals surface area contributed by atoms with Gasteiger partial charge >= 0.3 is 11.9 Å². The average molecular weight is 962 g/mol. The Morgan fingerprint density at radius 1 is 0.435 bits per heavy atom. The average Bonchev–Trinajstić information content (AvgIpc) is 3.31. The van der Waals surface area contributed by atoms with Gasteiger partial charge in [-0.1, -0.05) is 194 Å². The van der Waals surface area contributed by atoms with E-state index < -0.39 is 24.3 Å². The Kier molecular flexibility index (Phi) is 47.4. The van der Waals surface area contributed by atoms with Gasteiger partial charge in [-0.3, -0.25) is 9.59 Å². The number of carboxylic acids is 1. The van der Waals surface area contributed by atoms with E-state index in [0.29, 0.717) is 17.4 Å². The van der Waals surface area contributed by atoms with Gasteiger partial charge in [0.25, 0.3) is 0 Å². The Labute approximate surface area is 422 Å². The largest absolute Gasteiger partial charge is 0.545 e. The number of nitrogens with zero attached hydrogens (tertiary/aromatic N) is 1. The van der Waals surface area contributed by atoms with Gasteiger partial charge in [-0.25, -0.2) is 0 Å². The summed E-state index contributed by atoms with van der Waals surface area (Å²) in [6.07, 6.45) is 65.5. The summed E-state index contributed by atoms with van der Waals surface area (Å²) in [5.41, 5.74) is 0. The fraction of sp³-hybridized carbons (Fsp3) is 0.650. The monoisotopic (exact) mass is 962 g/mol. The van der Waals surface area contributed by atoms with Crippen molar-refractivity contribution < 1.29 is 42.9 Å². The van der Waals surface area contributed by atoms with E-state index in [-0.39, 0.29) is 38.6 Å². The molecule has 0 spiro atoms. The van der Waals surface area contributed by atoms with Gasteiger partial charge in [0, 0.05) is 12.8 Å². The Morgan fingerprint density at radius 2 is 0.783 bits per heavy atom. The Hall–Kier alpha value is -4.05. The fourth-order valence-electron chi connectivity index (χ4n) is 6.91. The maximum atomic E-state index is 12.8. The lowest BCUT2D eigenvalue weighted by atomic mass is 10.1. The highest BCUT2D eigenvalue weighted by Crippen LogP contribution is 2.14. The molecule has 392 valence electrons. The topological polar surface area (TPSA) is 111 Å². The Morgan fingerprint density at radius 3 is 1.16 bits per heavy atom.